The van der Waals surface area contributed by atoms with E-state index in [1.165, 1.54) is 17.5 Å². The number of fused-ring (bicyclic) bond motifs is 1. The highest BCUT2D eigenvalue weighted by atomic mass is 19.4. The fourth-order valence-electron chi connectivity index (χ4n) is 3.95. The number of aromatic hydroxyl groups is 1. The molecule has 1 aliphatic heterocycles. The summed E-state index contributed by atoms with van der Waals surface area (Å²) in [6.45, 7) is 4.55. The van der Waals surface area contributed by atoms with Crippen LogP contribution < -0.4 is 0 Å². The largest absolute Gasteiger partial charge is 0.493 e. The minimum Gasteiger partial charge on any atom is -0.493 e. The minimum atomic E-state index is -4.40. The third kappa shape index (κ3) is 3.69. The average molecular weight is 405 g/mol. The number of ether oxygens (including phenoxy) is 1. The van der Waals surface area contributed by atoms with Crippen LogP contribution in [0.2, 0.25) is 0 Å². The maximum absolute atomic E-state index is 13.3. The maximum Gasteiger partial charge on any atom is 0.416 e. The zero-order valence-electron chi connectivity index (χ0n) is 16.3. The van der Waals surface area contributed by atoms with Gasteiger partial charge in [0.1, 0.15) is 0 Å². The van der Waals surface area contributed by atoms with Crippen molar-refractivity contribution in [1.82, 2.24) is 14.6 Å². The molecule has 4 rings (SSSR count). The second-order valence-electron chi connectivity index (χ2n) is 7.49. The molecule has 29 heavy (non-hydrogen) atoms. The molecule has 8 heteroatoms. The Hall–Kier alpha value is -2.61. The monoisotopic (exact) mass is 405 g/mol. The molecule has 0 aliphatic carbocycles. The van der Waals surface area contributed by atoms with Gasteiger partial charge < -0.3 is 9.84 Å². The Bertz CT molecular complexity index is 1050. The molecular weight excluding hydrogens is 383 g/mol. The molecule has 154 valence electrons. The van der Waals surface area contributed by atoms with Crippen LogP contribution >= 0.6 is 0 Å². The Kier molecular flexibility index (Phi) is 4.98. The summed E-state index contributed by atoms with van der Waals surface area (Å²) in [6, 6.07) is 5.82. The van der Waals surface area contributed by atoms with E-state index in [1.54, 1.807) is 19.1 Å². The molecule has 0 atom stereocenters. The van der Waals surface area contributed by atoms with Crippen LogP contribution in [0, 0.1) is 13.8 Å². The summed E-state index contributed by atoms with van der Waals surface area (Å²) < 4.78 is 46.6. The second kappa shape index (κ2) is 7.33. The Morgan fingerprint density at radius 3 is 2.62 bits per heavy atom. The summed E-state index contributed by atoms with van der Waals surface area (Å²) in [4.78, 5) is 4.74. The number of nitrogens with zero attached hydrogens (tertiary/aromatic N) is 3. The lowest BCUT2D eigenvalue weighted by Gasteiger charge is -2.21. The van der Waals surface area contributed by atoms with E-state index in [-0.39, 0.29) is 23.8 Å². The predicted molar refractivity (Wildman–Crippen MR) is 101 cm³/mol. The number of hydrogen-bond donors (Lipinski definition) is 1. The molecule has 3 heterocycles. The Morgan fingerprint density at radius 2 is 1.93 bits per heavy atom. The summed E-state index contributed by atoms with van der Waals surface area (Å²) in [6.07, 6.45) is -2.51. The molecule has 1 aliphatic rings. The lowest BCUT2D eigenvalue weighted by molar-refractivity contribution is -0.138. The highest BCUT2D eigenvalue weighted by molar-refractivity contribution is 5.55. The molecule has 0 radical (unpaired) electrons. The molecule has 1 fully saturated rings. The lowest BCUT2D eigenvalue weighted by atomic mass is 9.95. The molecule has 1 aromatic carbocycles. The molecule has 0 amide bonds. The van der Waals surface area contributed by atoms with Gasteiger partial charge in [-0.15, -0.1) is 0 Å². The van der Waals surface area contributed by atoms with Crippen LogP contribution in [0.15, 0.2) is 24.3 Å². The van der Waals surface area contributed by atoms with Gasteiger partial charge in [-0.3, -0.25) is 0 Å². The Labute approximate surface area is 166 Å². The SMILES string of the molecule is Cc1nn2c(O)cc(C3CCOCC3)nc2c1Cc1cccc(C(F)(F)F)c1C. The van der Waals surface area contributed by atoms with Crippen LogP contribution in [0.25, 0.3) is 5.65 Å². The van der Waals surface area contributed by atoms with E-state index in [2.05, 4.69) is 5.10 Å². The zero-order chi connectivity index (χ0) is 20.8. The zero-order valence-corrected chi connectivity index (χ0v) is 16.3. The highest BCUT2D eigenvalue weighted by Crippen LogP contribution is 2.35. The van der Waals surface area contributed by atoms with E-state index in [1.807, 2.05) is 0 Å². The standard InChI is InChI=1S/C21H22F3N3O2/c1-12-15(4-3-5-17(12)21(22,23)24)10-16-13(2)26-27-19(28)11-18(25-20(16)27)14-6-8-29-9-7-14/h3-5,11,14,28H,6-10H2,1-2H3. The van der Waals surface area contributed by atoms with Crippen molar-refractivity contribution in [3.63, 3.8) is 0 Å². The average Bonchev–Trinajstić information content (AvgIpc) is 2.99. The van der Waals surface area contributed by atoms with Crippen LogP contribution in [-0.2, 0) is 17.3 Å². The predicted octanol–water partition coefficient (Wildman–Crippen LogP) is 4.56. The summed E-state index contributed by atoms with van der Waals surface area (Å²) in [5.41, 5.74) is 2.73. The highest BCUT2D eigenvalue weighted by Gasteiger charge is 2.33. The van der Waals surface area contributed by atoms with Gasteiger partial charge in [0.25, 0.3) is 0 Å². The van der Waals surface area contributed by atoms with E-state index < -0.39 is 11.7 Å². The first-order valence-electron chi connectivity index (χ1n) is 9.57. The third-order valence-electron chi connectivity index (χ3n) is 5.64. The Balaban J connectivity index is 1.78. The summed E-state index contributed by atoms with van der Waals surface area (Å²) in [5, 5.41) is 14.8. The van der Waals surface area contributed by atoms with Crippen LogP contribution in [0.4, 0.5) is 13.2 Å². The van der Waals surface area contributed by atoms with Gasteiger partial charge in [-0.1, -0.05) is 12.1 Å². The lowest BCUT2D eigenvalue weighted by Crippen LogP contribution is -2.15. The normalized spacial score (nSPS) is 15.9. The van der Waals surface area contributed by atoms with Crippen molar-refractivity contribution in [1.29, 1.82) is 0 Å². The smallest absolute Gasteiger partial charge is 0.416 e. The van der Waals surface area contributed by atoms with E-state index >= 15 is 0 Å². The summed E-state index contributed by atoms with van der Waals surface area (Å²) in [5.74, 6) is 0.157. The molecule has 3 aromatic rings. The maximum atomic E-state index is 13.3. The van der Waals surface area contributed by atoms with Gasteiger partial charge in [-0.2, -0.15) is 22.8 Å². The van der Waals surface area contributed by atoms with Crippen LogP contribution in [-0.4, -0.2) is 32.9 Å². The fraction of sp³-hybridized carbons (Fsp3) is 0.429. The summed E-state index contributed by atoms with van der Waals surface area (Å²) in [7, 11) is 0. The fourth-order valence-corrected chi connectivity index (χ4v) is 3.95. The molecule has 0 spiro atoms. The van der Waals surface area contributed by atoms with Crippen LogP contribution in [0.1, 0.15) is 52.4 Å². The van der Waals surface area contributed by atoms with Crippen molar-refractivity contribution in [3.8, 4) is 5.88 Å². The Morgan fingerprint density at radius 1 is 1.21 bits per heavy atom. The molecule has 0 unspecified atom stereocenters. The number of rotatable bonds is 3. The molecule has 1 N–H and O–H groups in total. The number of halogens is 3. The van der Waals surface area contributed by atoms with Gasteiger partial charge in [0, 0.05) is 37.2 Å². The van der Waals surface area contributed by atoms with Gasteiger partial charge in [0.15, 0.2) is 5.65 Å². The molecule has 2 aromatic heterocycles. The van der Waals surface area contributed by atoms with E-state index in [0.717, 1.165) is 30.2 Å². The first kappa shape index (κ1) is 19.7. The number of alkyl halides is 3. The van der Waals surface area contributed by atoms with E-state index in [0.29, 0.717) is 30.1 Å². The summed E-state index contributed by atoms with van der Waals surface area (Å²) >= 11 is 0. The van der Waals surface area contributed by atoms with Crippen molar-refractivity contribution in [3.05, 3.63) is 57.9 Å². The van der Waals surface area contributed by atoms with Gasteiger partial charge in [-0.25, -0.2) is 4.98 Å². The third-order valence-corrected chi connectivity index (χ3v) is 5.64. The quantitative estimate of drug-likeness (QED) is 0.694. The molecule has 1 saturated heterocycles. The van der Waals surface area contributed by atoms with Gasteiger partial charge in [0.2, 0.25) is 5.88 Å². The number of aromatic nitrogens is 3. The van der Waals surface area contributed by atoms with Crippen molar-refractivity contribution in [2.24, 2.45) is 0 Å². The number of benzene rings is 1. The van der Waals surface area contributed by atoms with E-state index in [9.17, 15) is 18.3 Å². The van der Waals surface area contributed by atoms with Crippen molar-refractivity contribution in [2.45, 2.75) is 45.2 Å². The molecule has 0 bridgehead atoms. The van der Waals surface area contributed by atoms with E-state index in [4.69, 9.17) is 9.72 Å². The van der Waals surface area contributed by atoms with Gasteiger partial charge in [-0.05, 0) is 43.9 Å². The number of hydrogen-bond acceptors (Lipinski definition) is 4. The van der Waals surface area contributed by atoms with Gasteiger partial charge >= 0.3 is 6.18 Å². The van der Waals surface area contributed by atoms with Crippen LogP contribution in [0.5, 0.6) is 5.88 Å². The van der Waals surface area contributed by atoms with Crippen molar-refractivity contribution in [2.75, 3.05) is 13.2 Å². The second-order valence-corrected chi connectivity index (χ2v) is 7.49. The first-order valence-corrected chi connectivity index (χ1v) is 9.57. The topological polar surface area (TPSA) is 59.7 Å². The molecule has 0 saturated carbocycles. The van der Waals surface area contributed by atoms with Crippen LogP contribution in [0.3, 0.4) is 0 Å². The molecule has 5 nitrogen and oxygen atoms in total. The van der Waals surface area contributed by atoms with Crippen molar-refractivity contribution >= 4 is 5.65 Å². The van der Waals surface area contributed by atoms with Crippen molar-refractivity contribution < 1.29 is 23.0 Å². The molecular formula is C21H22F3N3O2. The van der Waals surface area contributed by atoms with Gasteiger partial charge in [0.05, 0.1) is 17.0 Å². The first-order chi connectivity index (χ1) is 13.8. The minimum absolute atomic E-state index is 0.0217. The number of aryl methyl sites for hydroxylation is 1.